The fraction of sp³-hybridized carbons (Fsp3) is 0.450. The van der Waals surface area contributed by atoms with Gasteiger partial charge in [0.25, 0.3) is 5.91 Å². The number of benzene rings is 1. The zero-order chi connectivity index (χ0) is 18.7. The summed E-state index contributed by atoms with van der Waals surface area (Å²) in [6.07, 6.45) is 3.39. The van der Waals surface area contributed by atoms with Crippen LogP contribution < -0.4 is 5.32 Å². The van der Waals surface area contributed by atoms with Gasteiger partial charge in [-0.15, -0.1) is 10.2 Å². The van der Waals surface area contributed by atoms with Gasteiger partial charge < -0.3 is 9.47 Å². The minimum atomic E-state index is -0.0947. The lowest BCUT2D eigenvalue weighted by molar-refractivity contribution is 0.101. The molecule has 0 bridgehead atoms. The lowest BCUT2D eigenvalue weighted by atomic mass is 9.75. The first-order valence-electron chi connectivity index (χ1n) is 9.46. The van der Waals surface area contributed by atoms with Gasteiger partial charge in [-0.2, -0.15) is 0 Å². The molecule has 1 amide bonds. The molecule has 2 atom stereocenters. The number of likely N-dealkylation sites (N-methyl/N-ethyl adjacent to an activating group) is 1. The van der Waals surface area contributed by atoms with Gasteiger partial charge in [-0.25, -0.2) is 0 Å². The molecule has 6 nitrogen and oxygen atoms in total. The molecule has 1 unspecified atom stereocenters. The van der Waals surface area contributed by atoms with E-state index in [1.165, 1.54) is 40.7 Å². The van der Waals surface area contributed by atoms with Gasteiger partial charge in [0.1, 0.15) is 10.7 Å². The number of rotatable bonds is 2. The quantitative estimate of drug-likeness (QED) is 0.740. The van der Waals surface area contributed by atoms with Crippen molar-refractivity contribution in [1.82, 2.24) is 19.7 Å². The van der Waals surface area contributed by atoms with E-state index in [-0.39, 0.29) is 5.91 Å². The Morgan fingerprint density at radius 3 is 2.93 bits per heavy atom. The number of amides is 1. The van der Waals surface area contributed by atoms with Crippen molar-refractivity contribution in [2.24, 2.45) is 7.05 Å². The summed E-state index contributed by atoms with van der Waals surface area (Å²) >= 11 is 1.40. The van der Waals surface area contributed by atoms with Crippen molar-refractivity contribution < 1.29 is 4.79 Å². The van der Waals surface area contributed by atoms with Crippen LogP contribution >= 0.6 is 11.3 Å². The summed E-state index contributed by atoms with van der Waals surface area (Å²) in [5.41, 5.74) is 4.49. The van der Waals surface area contributed by atoms with E-state index in [9.17, 15) is 4.79 Å². The molecule has 1 aliphatic heterocycles. The molecule has 7 heteroatoms. The van der Waals surface area contributed by atoms with Crippen LogP contribution in [0.2, 0.25) is 0 Å². The minimum Gasteiger partial charge on any atom is -0.339 e. The third-order valence-electron chi connectivity index (χ3n) is 6.19. The highest BCUT2D eigenvalue weighted by Gasteiger charge is 2.38. The monoisotopic (exact) mass is 381 g/mol. The molecule has 1 N–H and O–H groups in total. The predicted molar refractivity (Wildman–Crippen MR) is 108 cm³/mol. The number of nitrogens with one attached hydrogen (secondary N) is 1. The van der Waals surface area contributed by atoms with Crippen LogP contribution in [0.3, 0.4) is 0 Å². The standard InChI is InChI=1S/C20H23N5OS/c1-11-22-23-20(27-11)21-19(26)18-14-10-16-12(7-5-9-24(16)2)13-6-4-8-15(17(13)14)25(18)3/h4,6,8,12,16H,5,7,9-10H2,1-3H3,(H,21,23,26)/t12?,16-/m1/s1. The second-order valence-electron chi connectivity index (χ2n) is 7.71. The number of aromatic nitrogens is 3. The number of aryl methyl sites for hydroxylation is 2. The van der Waals surface area contributed by atoms with E-state index in [2.05, 4.69) is 50.2 Å². The normalized spacial score (nSPS) is 22.0. The van der Waals surface area contributed by atoms with E-state index >= 15 is 0 Å². The van der Waals surface area contributed by atoms with E-state index in [4.69, 9.17) is 0 Å². The van der Waals surface area contributed by atoms with Gasteiger partial charge in [-0.1, -0.05) is 23.5 Å². The molecular weight excluding hydrogens is 358 g/mol. The van der Waals surface area contributed by atoms with Crippen LogP contribution in [0.4, 0.5) is 5.13 Å². The predicted octanol–water partition coefficient (Wildman–Crippen LogP) is 3.32. The fourth-order valence-electron chi connectivity index (χ4n) is 5.00. The van der Waals surface area contributed by atoms with Crippen LogP contribution in [0.5, 0.6) is 0 Å². The molecule has 0 saturated carbocycles. The summed E-state index contributed by atoms with van der Waals surface area (Å²) in [5.74, 6) is 0.465. The first-order chi connectivity index (χ1) is 13.0. The van der Waals surface area contributed by atoms with E-state index in [1.54, 1.807) is 0 Å². The van der Waals surface area contributed by atoms with Crippen LogP contribution in [0.25, 0.3) is 10.9 Å². The molecule has 0 spiro atoms. The molecular formula is C20H23N5OS. The van der Waals surface area contributed by atoms with Crippen LogP contribution in [-0.4, -0.2) is 45.2 Å². The molecule has 1 fully saturated rings. The number of hydrogen-bond acceptors (Lipinski definition) is 5. The summed E-state index contributed by atoms with van der Waals surface area (Å²) in [5, 5.41) is 13.7. The summed E-state index contributed by atoms with van der Waals surface area (Å²) in [6, 6.07) is 6.99. The van der Waals surface area contributed by atoms with Crippen molar-refractivity contribution in [3.05, 3.63) is 40.0 Å². The van der Waals surface area contributed by atoms with Crippen molar-refractivity contribution >= 4 is 33.3 Å². The summed E-state index contributed by atoms with van der Waals surface area (Å²) in [7, 11) is 4.21. The van der Waals surface area contributed by atoms with Gasteiger partial charge >= 0.3 is 0 Å². The molecule has 1 aromatic carbocycles. The van der Waals surface area contributed by atoms with E-state index in [0.717, 1.165) is 29.2 Å². The van der Waals surface area contributed by atoms with Gasteiger partial charge in [-0.05, 0) is 57.0 Å². The van der Waals surface area contributed by atoms with Crippen molar-refractivity contribution in [3.8, 4) is 0 Å². The Labute approximate surface area is 162 Å². The summed E-state index contributed by atoms with van der Waals surface area (Å²) in [4.78, 5) is 15.6. The van der Waals surface area contributed by atoms with Crippen LogP contribution in [0, 0.1) is 6.92 Å². The van der Waals surface area contributed by atoms with Gasteiger partial charge in [0.15, 0.2) is 0 Å². The Kier molecular flexibility index (Phi) is 3.84. The maximum absolute atomic E-state index is 13.2. The molecule has 2 aliphatic rings. The molecule has 3 heterocycles. The second kappa shape index (κ2) is 6.14. The Hall–Kier alpha value is -2.25. The van der Waals surface area contributed by atoms with Crippen LogP contribution in [-0.2, 0) is 13.5 Å². The number of anilines is 1. The minimum absolute atomic E-state index is 0.0947. The largest absolute Gasteiger partial charge is 0.339 e. The highest BCUT2D eigenvalue weighted by Crippen LogP contribution is 2.44. The molecule has 2 aromatic heterocycles. The smallest absolute Gasteiger partial charge is 0.274 e. The first kappa shape index (κ1) is 16.9. The van der Waals surface area contributed by atoms with Gasteiger partial charge in [0.05, 0.1) is 0 Å². The topological polar surface area (TPSA) is 63.1 Å². The maximum atomic E-state index is 13.2. The van der Waals surface area contributed by atoms with Crippen molar-refractivity contribution in [3.63, 3.8) is 0 Å². The van der Waals surface area contributed by atoms with Gasteiger partial charge in [-0.3, -0.25) is 10.1 Å². The number of nitrogens with zero attached hydrogens (tertiary/aromatic N) is 4. The maximum Gasteiger partial charge on any atom is 0.274 e. The number of hydrogen-bond donors (Lipinski definition) is 1. The van der Waals surface area contributed by atoms with Crippen molar-refractivity contribution in [1.29, 1.82) is 0 Å². The van der Waals surface area contributed by atoms with E-state index in [1.807, 2.05) is 14.0 Å². The molecule has 1 aliphatic carbocycles. The molecule has 140 valence electrons. The third-order valence-corrected chi connectivity index (χ3v) is 6.94. The van der Waals surface area contributed by atoms with Crippen LogP contribution in [0.1, 0.15) is 45.4 Å². The SMILES string of the molecule is Cc1nnc(NC(=O)c2c3c4c(cccc4n2C)C2CCCN(C)[C@@H]2C3)s1. The Balaban J connectivity index is 1.65. The van der Waals surface area contributed by atoms with E-state index in [0.29, 0.717) is 17.1 Å². The first-order valence-corrected chi connectivity index (χ1v) is 10.3. The highest BCUT2D eigenvalue weighted by atomic mass is 32.1. The average molecular weight is 382 g/mol. The van der Waals surface area contributed by atoms with Crippen LogP contribution in [0.15, 0.2) is 18.2 Å². The lowest BCUT2D eigenvalue weighted by Gasteiger charge is -2.42. The molecule has 1 saturated heterocycles. The molecule has 27 heavy (non-hydrogen) atoms. The average Bonchev–Trinajstić information content (AvgIpc) is 3.18. The van der Waals surface area contributed by atoms with Crippen molar-refractivity contribution in [2.75, 3.05) is 18.9 Å². The summed E-state index contributed by atoms with van der Waals surface area (Å²) < 4.78 is 2.05. The number of likely N-dealkylation sites (tertiary alicyclic amines) is 1. The van der Waals surface area contributed by atoms with Crippen molar-refractivity contribution in [2.45, 2.75) is 38.1 Å². The van der Waals surface area contributed by atoms with E-state index < -0.39 is 0 Å². The van der Waals surface area contributed by atoms with Gasteiger partial charge in [0, 0.05) is 29.9 Å². The number of carbonyl (C=O) groups is 1. The zero-order valence-electron chi connectivity index (χ0n) is 15.8. The highest BCUT2D eigenvalue weighted by molar-refractivity contribution is 7.15. The second-order valence-corrected chi connectivity index (χ2v) is 8.89. The molecule has 0 radical (unpaired) electrons. The Bertz CT molecular complexity index is 1050. The Morgan fingerprint density at radius 2 is 2.15 bits per heavy atom. The lowest BCUT2D eigenvalue weighted by Crippen LogP contribution is -2.44. The summed E-state index contributed by atoms with van der Waals surface area (Å²) in [6.45, 7) is 3.02. The van der Waals surface area contributed by atoms with Gasteiger partial charge in [0.2, 0.25) is 5.13 Å². The fourth-order valence-corrected chi connectivity index (χ4v) is 5.59. The molecule has 5 rings (SSSR count). The number of fused-ring (bicyclic) bond motifs is 2. The molecule has 3 aromatic rings. The zero-order valence-corrected chi connectivity index (χ0v) is 16.6. The Morgan fingerprint density at radius 1 is 1.30 bits per heavy atom. The third kappa shape index (κ3) is 2.52. The number of carbonyl (C=O) groups excluding carboxylic acids is 1. The number of piperidine rings is 1.